The highest BCUT2D eigenvalue weighted by Crippen LogP contribution is 2.33. The summed E-state index contributed by atoms with van der Waals surface area (Å²) in [6.45, 7) is 5.81. The van der Waals surface area contributed by atoms with E-state index in [9.17, 15) is 4.79 Å². The van der Waals surface area contributed by atoms with Crippen LogP contribution in [0.1, 0.15) is 28.4 Å². The van der Waals surface area contributed by atoms with Gasteiger partial charge in [0.1, 0.15) is 0 Å². The second-order valence-corrected chi connectivity index (χ2v) is 5.33. The summed E-state index contributed by atoms with van der Waals surface area (Å²) >= 11 is 0. The van der Waals surface area contributed by atoms with E-state index in [1.54, 1.807) is 26.4 Å². The van der Waals surface area contributed by atoms with E-state index in [1.807, 2.05) is 30.3 Å². The Hall–Kier alpha value is -2.75. The third-order valence-electron chi connectivity index (χ3n) is 3.83. The number of carbonyl (C=O) groups excluding carboxylic acids is 1. The molecule has 0 radical (unpaired) electrons. The van der Waals surface area contributed by atoms with Crippen LogP contribution in [0.5, 0.6) is 11.5 Å². The van der Waals surface area contributed by atoms with E-state index in [2.05, 4.69) is 18.8 Å². The quantitative estimate of drug-likeness (QED) is 0.774. The van der Waals surface area contributed by atoms with E-state index >= 15 is 0 Å². The minimum absolute atomic E-state index is 0.179. The average molecular weight is 325 g/mol. The fraction of sp³-hybridized carbons (Fsp3) is 0.250. The molecule has 2 rings (SSSR count). The number of para-hydroxylation sites is 1. The second-order valence-electron chi connectivity index (χ2n) is 5.33. The van der Waals surface area contributed by atoms with Gasteiger partial charge in [-0.15, -0.1) is 6.58 Å². The van der Waals surface area contributed by atoms with Gasteiger partial charge in [-0.25, -0.2) is 0 Å². The molecule has 0 aliphatic rings. The van der Waals surface area contributed by atoms with Gasteiger partial charge in [0.15, 0.2) is 11.5 Å². The molecule has 4 heteroatoms. The molecule has 1 amide bonds. The number of hydrogen-bond donors (Lipinski definition) is 1. The molecule has 2 aromatic carbocycles. The van der Waals surface area contributed by atoms with Gasteiger partial charge in [0, 0.05) is 16.8 Å². The van der Waals surface area contributed by atoms with Crippen molar-refractivity contribution in [3.05, 3.63) is 65.7 Å². The van der Waals surface area contributed by atoms with Crippen molar-refractivity contribution < 1.29 is 14.3 Å². The standard InChI is InChI=1S/C20H23NO3/c1-5-9-15-12-16(13-18(23-3)19(15)24-4)20(22)21-17-11-8-7-10-14(17)6-2/h5,7-8,10-13H,1,6,9H2,2-4H3,(H,21,22). The maximum atomic E-state index is 12.7. The first-order chi connectivity index (χ1) is 11.6. The number of anilines is 1. The molecule has 4 nitrogen and oxygen atoms in total. The molecular formula is C20H23NO3. The van der Waals surface area contributed by atoms with E-state index < -0.39 is 0 Å². The number of carbonyl (C=O) groups is 1. The molecule has 0 unspecified atom stereocenters. The number of nitrogens with one attached hydrogen (secondary N) is 1. The Morgan fingerprint density at radius 3 is 2.54 bits per heavy atom. The Morgan fingerprint density at radius 2 is 1.92 bits per heavy atom. The van der Waals surface area contributed by atoms with E-state index in [4.69, 9.17) is 9.47 Å². The first-order valence-electron chi connectivity index (χ1n) is 7.89. The molecule has 0 saturated heterocycles. The van der Waals surface area contributed by atoms with Crippen molar-refractivity contribution in [3.63, 3.8) is 0 Å². The molecule has 0 spiro atoms. The van der Waals surface area contributed by atoms with Crippen LogP contribution in [-0.2, 0) is 12.8 Å². The summed E-state index contributed by atoms with van der Waals surface area (Å²) in [6, 6.07) is 11.3. The summed E-state index contributed by atoms with van der Waals surface area (Å²) in [6.07, 6.45) is 3.21. The molecule has 1 N–H and O–H groups in total. The second kappa shape index (κ2) is 8.20. The summed E-state index contributed by atoms with van der Waals surface area (Å²) < 4.78 is 10.8. The molecule has 0 heterocycles. The van der Waals surface area contributed by atoms with Crippen LogP contribution in [-0.4, -0.2) is 20.1 Å². The Kier molecular flexibility index (Phi) is 6.01. The van der Waals surface area contributed by atoms with Gasteiger partial charge in [-0.1, -0.05) is 31.2 Å². The summed E-state index contributed by atoms with van der Waals surface area (Å²) in [5.74, 6) is 0.982. The fourth-order valence-corrected chi connectivity index (χ4v) is 2.63. The van der Waals surface area contributed by atoms with Gasteiger partial charge in [-0.3, -0.25) is 4.79 Å². The topological polar surface area (TPSA) is 47.6 Å². The molecule has 2 aromatic rings. The van der Waals surface area contributed by atoms with Gasteiger partial charge < -0.3 is 14.8 Å². The number of rotatable bonds is 7. The highest BCUT2D eigenvalue weighted by Gasteiger charge is 2.16. The lowest BCUT2D eigenvalue weighted by Crippen LogP contribution is -2.14. The molecule has 0 atom stereocenters. The minimum atomic E-state index is -0.179. The van der Waals surface area contributed by atoms with Crippen molar-refractivity contribution in [1.82, 2.24) is 0 Å². The van der Waals surface area contributed by atoms with Gasteiger partial charge >= 0.3 is 0 Å². The molecule has 0 bridgehead atoms. The van der Waals surface area contributed by atoms with Crippen molar-refractivity contribution in [2.45, 2.75) is 19.8 Å². The van der Waals surface area contributed by atoms with Crippen LogP contribution in [0.4, 0.5) is 5.69 Å². The first-order valence-corrected chi connectivity index (χ1v) is 7.89. The van der Waals surface area contributed by atoms with Gasteiger partial charge in [0.05, 0.1) is 14.2 Å². The van der Waals surface area contributed by atoms with Gasteiger partial charge in [0.25, 0.3) is 5.91 Å². The number of aryl methyl sites for hydroxylation is 1. The molecular weight excluding hydrogens is 302 g/mol. The van der Waals surface area contributed by atoms with Crippen LogP contribution in [0.2, 0.25) is 0 Å². The Labute approximate surface area is 143 Å². The molecule has 24 heavy (non-hydrogen) atoms. The third-order valence-corrected chi connectivity index (χ3v) is 3.83. The molecule has 0 aliphatic heterocycles. The summed E-state index contributed by atoms with van der Waals surface area (Å²) in [5, 5.41) is 2.97. The molecule has 0 saturated carbocycles. The lowest BCUT2D eigenvalue weighted by molar-refractivity contribution is 0.102. The minimum Gasteiger partial charge on any atom is -0.493 e. The van der Waals surface area contributed by atoms with Crippen LogP contribution in [0.3, 0.4) is 0 Å². The number of benzene rings is 2. The summed E-state index contributed by atoms with van der Waals surface area (Å²) in [7, 11) is 3.14. The molecule has 0 fully saturated rings. The highest BCUT2D eigenvalue weighted by molar-refractivity contribution is 6.05. The molecule has 126 valence electrons. The van der Waals surface area contributed by atoms with E-state index in [0.29, 0.717) is 23.5 Å². The van der Waals surface area contributed by atoms with E-state index in [0.717, 1.165) is 23.2 Å². The predicted octanol–water partition coefficient (Wildman–Crippen LogP) is 4.25. The monoisotopic (exact) mass is 325 g/mol. The Balaban J connectivity index is 2.38. The van der Waals surface area contributed by atoms with Crippen molar-refractivity contribution >= 4 is 11.6 Å². The third kappa shape index (κ3) is 3.77. The lowest BCUT2D eigenvalue weighted by Gasteiger charge is -2.15. The smallest absolute Gasteiger partial charge is 0.255 e. The molecule has 0 aliphatic carbocycles. The largest absolute Gasteiger partial charge is 0.493 e. The van der Waals surface area contributed by atoms with E-state index in [1.165, 1.54) is 0 Å². The number of ether oxygens (including phenoxy) is 2. The van der Waals surface area contributed by atoms with Crippen LogP contribution >= 0.6 is 0 Å². The lowest BCUT2D eigenvalue weighted by atomic mass is 10.0. The van der Waals surface area contributed by atoms with Crippen molar-refractivity contribution in [3.8, 4) is 11.5 Å². The van der Waals surface area contributed by atoms with E-state index in [-0.39, 0.29) is 5.91 Å². The highest BCUT2D eigenvalue weighted by atomic mass is 16.5. The van der Waals surface area contributed by atoms with Crippen molar-refractivity contribution in [2.75, 3.05) is 19.5 Å². The number of amides is 1. The predicted molar refractivity (Wildman–Crippen MR) is 97.2 cm³/mol. The summed E-state index contributed by atoms with van der Waals surface area (Å²) in [4.78, 5) is 12.7. The Bertz CT molecular complexity index is 738. The normalized spacial score (nSPS) is 10.1. The van der Waals surface area contributed by atoms with Crippen LogP contribution < -0.4 is 14.8 Å². The van der Waals surface area contributed by atoms with Crippen LogP contribution in [0, 0.1) is 0 Å². The van der Waals surface area contributed by atoms with Crippen LogP contribution in [0.25, 0.3) is 0 Å². The fourth-order valence-electron chi connectivity index (χ4n) is 2.63. The maximum absolute atomic E-state index is 12.7. The Morgan fingerprint density at radius 1 is 1.17 bits per heavy atom. The SMILES string of the molecule is C=CCc1cc(C(=O)Nc2ccccc2CC)cc(OC)c1OC. The average Bonchev–Trinajstić information content (AvgIpc) is 2.61. The first kappa shape index (κ1) is 17.6. The summed E-state index contributed by atoms with van der Waals surface area (Å²) in [5.41, 5.74) is 3.30. The van der Waals surface area contributed by atoms with Gasteiger partial charge in [-0.2, -0.15) is 0 Å². The van der Waals surface area contributed by atoms with Gasteiger partial charge in [0.2, 0.25) is 0 Å². The molecule has 0 aromatic heterocycles. The van der Waals surface area contributed by atoms with Crippen molar-refractivity contribution in [2.24, 2.45) is 0 Å². The number of hydrogen-bond acceptors (Lipinski definition) is 3. The van der Waals surface area contributed by atoms with Crippen LogP contribution in [0.15, 0.2) is 49.1 Å². The number of methoxy groups -OCH3 is 2. The zero-order valence-corrected chi connectivity index (χ0v) is 14.4. The maximum Gasteiger partial charge on any atom is 0.255 e. The van der Waals surface area contributed by atoms with Gasteiger partial charge in [-0.05, 0) is 36.6 Å². The number of allylic oxidation sites excluding steroid dienone is 1. The zero-order valence-electron chi connectivity index (χ0n) is 14.4. The zero-order chi connectivity index (χ0) is 17.5. The van der Waals surface area contributed by atoms with Crippen molar-refractivity contribution in [1.29, 1.82) is 0 Å².